The molecule has 1 heterocycles. The summed E-state index contributed by atoms with van der Waals surface area (Å²) < 4.78 is 0. The Morgan fingerprint density at radius 2 is 1.22 bits per heavy atom. The minimum Gasteiger partial charge on any atom is -0.300 e. The van der Waals surface area contributed by atoms with E-state index in [1.165, 1.54) is 51.6 Å². The second-order valence-electron chi connectivity index (χ2n) is 4.68. The van der Waals surface area contributed by atoms with E-state index in [0.29, 0.717) is 0 Å². The van der Waals surface area contributed by atoms with Gasteiger partial charge in [0.1, 0.15) is 0 Å². The third-order valence-electron chi connectivity index (χ3n) is 3.55. The zero-order chi connectivity index (χ0) is 14.4. The average Bonchev–Trinajstić information content (AvgIpc) is 2.93. The average molecular weight is 258 g/mol. The lowest BCUT2D eigenvalue weighted by Crippen LogP contribution is -2.34. The fraction of sp³-hybridized carbons (Fsp3) is 1.00. The van der Waals surface area contributed by atoms with Crippen LogP contribution < -0.4 is 0 Å². The lowest BCUT2D eigenvalue weighted by Gasteiger charge is -2.30. The maximum Gasteiger partial charge on any atom is 0.00953 e. The van der Waals surface area contributed by atoms with Crippen molar-refractivity contribution in [2.75, 3.05) is 13.1 Å². The largest absolute Gasteiger partial charge is 0.300 e. The molecule has 1 aliphatic carbocycles. The highest BCUT2D eigenvalue weighted by Crippen LogP contribution is 2.27. The monoisotopic (exact) mass is 257 g/mol. The summed E-state index contributed by atoms with van der Waals surface area (Å²) >= 11 is 0. The van der Waals surface area contributed by atoms with Crippen molar-refractivity contribution in [2.24, 2.45) is 5.92 Å². The van der Waals surface area contributed by atoms with E-state index >= 15 is 0 Å². The molecular formula is C17H39N. The first kappa shape index (κ1) is 20.3. The summed E-state index contributed by atoms with van der Waals surface area (Å²) in [4.78, 5) is 2.74. The molecule has 0 aromatic carbocycles. The Kier molecular flexibility index (Phi) is 16.9. The van der Waals surface area contributed by atoms with Crippen LogP contribution in [-0.2, 0) is 0 Å². The molecule has 1 unspecified atom stereocenters. The highest BCUT2D eigenvalue weighted by atomic mass is 15.2. The van der Waals surface area contributed by atoms with Gasteiger partial charge in [-0.05, 0) is 31.7 Å². The van der Waals surface area contributed by atoms with Crippen molar-refractivity contribution in [3.63, 3.8) is 0 Å². The van der Waals surface area contributed by atoms with Crippen LogP contribution >= 0.6 is 0 Å². The van der Waals surface area contributed by atoms with Crippen LogP contribution in [0.15, 0.2) is 0 Å². The van der Waals surface area contributed by atoms with Crippen LogP contribution in [0, 0.1) is 5.92 Å². The van der Waals surface area contributed by atoms with Crippen molar-refractivity contribution in [1.29, 1.82) is 0 Å². The maximum atomic E-state index is 2.74. The molecule has 1 aliphatic heterocycles. The summed E-state index contributed by atoms with van der Waals surface area (Å²) in [5.41, 5.74) is 0. The quantitative estimate of drug-likeness (QED) is 0.579. The summed E-state index contributed by atoms with van der Waals surface area (Å²) in [5.74, 6) is 0.965. The van der Waals surface area contributed by atoms with Crippen molar-refractivity contribution < 1.29 is 0 Å². The molecular weight excluding hydrogens is 218 g/mol. The molecule has 2 fully saturated rings. The SMILES string of the molecule is CC.CC.CC.CC1CCN(C2CCCCC2)C1. The number of nitrogens with zero attached hydrogens (tertiary/aromatic N) is 1. The molecule has 0 aromatic heterocycles. The number of likely N-dealkylation sites (tertiary alicyclic amines) is 1. The zero-order valence-corrected chi connectivity index (χ0v) is 14.3. The van der Waals surface area contributed by atoms with Crippen LogP contribution in [0.3, 0.4) is 0 Å². The molecule has 0 spiro atoms. The molecule has 112 valence electrons. The summed E-state index contributed by atoms with van der Waals surface area (Å²) in [6, 6.07) is 0.962. The number of hydrogen-bond donors (Lipinski definition) is 0. The van der Waals surface area contributed by atoms with Crippen LogP contribution in [0.4, 0.5) is 0 Å². The van der Waals surface area contributed by atoms with Gasteiger partial charge in [0, 0.05) is 12.6 Å². The van der Waals surface area contributed by atoms with Crippen molar-refractivity contribution in [3.8, 4) is 0 Å². The van der Waals surface area contributed by atoms with Gasteiger partial charge in [0.2, 0.25) is 0 Å². The van der Waals surface area contributed by atoms with Gasteiger partial charge >= 0.3 is 0 Å². The lowest BCUT2D eigenvalue weighted by atomic mass is 9.94. The fourth-order valence-electron chi connectivity index (χ4n) is 2.75. The van der Waals surface area contributed by atoms with Crippen molar-refractivity contribution in [2.45, 2.75) is 93.0 Å². The van der Waals surface area contributed by atoms with Crippen molar-refractivity contribution >= 4 is 0 Å². The first-order chi connectivity index (χ1) is 8.86. The van der Waals surface area contributed by atoms with Gasteiger partial charge in [-0.25, -0.2) is 0 Å². The van der Waals surface area contributed by atoms with Gasteiger partial charge in [-0.2, -0.15) is 0 Å². The molecule has 1 heteroatoms. The van der Waals surface area contributed by atoms with Crippen LogP contribution in [0.25, 0.3) is 0 Å². The van der Waals surface area contributed by atoms with E-state index in [4.69, 9.17) is 0 Å². The van der Waals surface area contributed by atoms with E-state index in [1.807, 2.05) is 41.5 Å². The lowest BCUT2D eigenvalue weighted by molar-refractivity contribution is 0.186. The Hall–Kier alpha value is -0.0400. The second kappa shape index (κ2) is 15.0. The van der Waals surface area contributed by atoms with Crippen molar-refractivity contribution in [3.05, 3.63) is 0 Å². The van der Waals surface area contributed by atoms with Gasteiger partial charge in [0.15, 0.2) is 0 Å². The van der Waals surface area contributed by atoms with Gasteiger partial charge in [0.25, 0.3) is 0 Å². The van der Waals surface area contributed by atoms with E-state index in [2.05, 4.69) is 11.8 Å². The zero-order valence-electron chi connectivity index (χ0n) is 14.3. The molecule has 18 heavy (non-hydrogen) atoms. The van der Waals surface area contributed by atoms with Crippen LogP contribution in [0.1, 0.15) is 87.0 Å². The summed E-state index contributed by atoms with van der Waals surface area (Å²) in [7, 11) is 0. The summed E-state index contributed by atoms with van der Waals surface area (Å²) in [6.45, 7) is 17.2. The first-order valence-corrected chi connectivity index (χ1v) is 8.60. The predicted molar refractivity (Wildman–Crippen MR) is 86.3 cm³/mol. The van der Waals surface area contributed by atoms with E-state index in [-0.39, 0.29) is 0 Å². The maximum absolute atomic E-state index is 2.74. The molecule has 1 atom stereocenters. The standard InChI is InChI=1S/C11H21N.3C2H6/c1-10-7-8-12(9-10)11-5-3-2-4-6-11;3*1-2/h10-11H,2-9H2,1H3;3*1-2H3. The molecule has 0 N–H and O–H groups in total. The topological polar surface area (TPSA) is 3.24 Å². The molecule has 0 amide bonds. The highest BCUT2D eigenvalue weighted by molar-refractivity contribution is 4.81. The van der Waals surface area contributed by atoms with Gasteiger partial charge < -0.3 is 4.90 Å². The summed E-state index contributed by atoms with van der Waals surface area (Å²) in [5, 5.41) is 0. The first-order valence-electron chi connectivity index (χ1n) is 8.60. The fourth-order valence-corrected chi connectivity index (χ4v) is 2.75. The third-order valence-corrected chi connectivity index (χ3v) is 3.55. The Bertz CT molecular complexity index is 136. The Morgan fingerprint density at radius 1 is 0.722 bits per heavy atom. The van der Waals surface area contributed by atoms with E-state index in [9.17, 15) is 0 Å². The van der Waals surface area contributed by atoms with Crippen LogP contribution in [0.2, 0.25) is 0 Å². The molecule has 0 bridgehead atoms. The second-order valence-corrected chi connectivity index (χ2v) is 4.68. The normalized spacial score (nSPS) is 23.8. The molecule has 1 saturated carbocycles. The predicted octanol–water partition coefficient (Wildman–Crippen LogP) is 5.74. The van der Waals surface area contributed by atoms with E-state index < -0.39 is 0 Å². The third kappa shape index (κ3) is 8.13. The smallest absolute Gasteiger partial charge is 0.00953 e. The summed E-state index contributed by atoms with van der Waals surface area (Å²) in [6.07, 6.45) is 8.85. The molecule has 0 aromatic rings. The Morgan fingerprint density at radius 3 is 1.61 bits per heavy atom. The van der Waals surface area contributed by atoms with Gasteiger partial charge in [-0.15, -0.1) is 0 Å². The van der Waals surface area contributed by atoms with Gasteiger partial charge in [0.05, 0.1) is 0 Å². The Labute approximate surface area is 117 Å². The minimum absolute atomic E-state index is 0.962. The van der Waals surface area contributed by atoms with E-state index in [1.54, 1.807) is 0 Å². The van der Waals surface area contributed by atoms with E-state index in [0.717, 1.165) is 12.0 Å². The van der Waals surface area contributed by atoms with Crippen LogP contribution in [0.5, 0.6) is 0 Å². The Balaban J connectivity index is 0. The molecule has 2 rings (SSSR count). The number of hydrogen-bond acceptors (Lipinski definition) is 1. The molecule has 0 radical (unpaired) electrons. The molecule has 1 saturated heterocycles. The molecule has 2 aliphatic rings. The minimum atomic E-state index is 0.962. The van der Waals surface area contributed by atoms with Gasteiger partial charge in [-0.1, -0.05) is 67.7 Å². The highest BCUT2D eigenvalue weighted by Gasteiger charge is 2.26. The number of rotatable bonds is 1. The van der Waals surface area contributed by atoms with Gasteiger partial charge in [-0.3, -0.25) is 0 Å². The van der Waals surface area contributed by atoms with Crippen molar-refractivity contribution in [1.82, 2.24) is 4.90 Å². The van der Waals surface area contributed by atoms with Crippen LogP contribution in [-0.4, -0.2) is 24.0 Å². The molecule has 1 nitrogen and oxygen atoms in total.